The van der Waals surface area contributed by atoms with Crippen molar-refractivity contribution in [1.82, 2.24) is 25.0 Å². The fourth-order valence-electron chi connectivity index (χ4n) is 2.61. The molecule has 0 bridgehead atoms. The summed E-state index contributed by atoms with van der Waals surface area (Å²) in [6.07, 6.45) is 4.64. The van der Waals surface area contributed by atoms with E-state index in [9.17, 15) is 4.79 Å². The van der Waals surface area contributed by atoms with Crippen LogP contribution in [0.3, 0.4) is 0 Å². The molecule has 0 unspecified atom stereocenters. The van der Waals surface area contributed by atoms with Gasteiger partial charge in [-0.2, -0.15) is 4.98 Å². The zero-order chi connectivity index (χ0) is 18.9. The predicted molar refractivity (Wildman–Crippen MR) is 99.2 cm³/mol. The number of nitrogens with two attached hydrogens (primary N) is 1. The molecule has 0 radical (unpaired) electrons. The first-order valence-electron chi connectivity index (χ1n) is 8.88. The maximum atomic E-state index is 12.7. The normalized spacial score (nSPS) is 10.7. The Bertz CT molecular complexity index is 838. The molecule has 0 atom stereocenters. The summed E-state index contributed by atoms with van der Waals surface area (Å²) in [4.78, 5) is 26.9. The molecule has 0 fully saturated rings. The molecule has 2 N–H and O–H groups in total. The van der Waals surface area contributed by atoms with Crippen LogP contribution in [0.5, 0.6) is 0 Å². The van der Waals surface area contributed by atoms with E-state index in [4.69, 9.17) is 10.3 Å². The summed E-state index contributed by atoms with van der Waals surface area (Å²) in [6.45, 7) is 1.73. The van der Waals surface area contributed by atoms with Crippen molar-refractivity contribution in [3.63, 3.8) is 0 Å². The molecule has 0 aliphatic heterocycles. The first-order chi connectivity index (χ1) is 13.3. The average molecular weight is 366 g/mol. The Morgan fingerprint density at radius 3 is 2.59 bits per heavy atom. The second-order valence-electron chi connectivity index (χ2n) is 6.03. The van der Waals surface area contributed by atoms with Crippen LogP contribution in [-0.2, 0) is 17.8 Å². The fourth-order valence-corrected chi connectivity index (χ4v) is 2.61. The number of hydrogen-bond donors (Lipinski definition) is 1. The minimum Gasteiger partial charge on any atom is -0.339 e. The third-order valence-corrected chi connectivity index (χ3v) is 3.99. The van der Waals surface area contributed by atoms with Crippen LogP contribution < -0.4 is 5.73 Å². The molecule has 1 amide bonds. The van der Waals surface area contributed by atoms with Crippen molar-refractivity contribution < 1.29 is 9.32 Å². The lowest BCUT2D eigenvalue weighted by molar-refractivity contribution is -0.131. The molecule has 0 aliphatic carbocycles. The van der Waals surface area contributed by atoms with Gasteiger partial charge in [0.05, 0.1) is 0 Å². The highest BCUT2D eigenvalue weighted by Crippen LogP contribution is 2.12. The Labute approximate surface area is 157 Å². The average Bonchev–Trinajstić information content (AvgIpc) is 3.20. The SMILES string of the molecule is NCCCN(Cc1ccccc1)C(=O)CCc1nc(-c2ncccn2)no1. The van der Waals surface area contributed by atoms with Crippen LogP contribution in [0.15, 0.2) is 53.3 Å². The van der Waals surface area contributed by atoms with Crippen molar-refractivity contribution in [3.05, 3.63) is 60.2 Å². The predicted octanol–water partition coefficient (Wildman–Crippen LogP) is 1.84. The van der Waals surface area contributed by atoms with E-state index in [0.29, 0.717) is 43.6 Å². The van der Waals surface area contributed by atoms with E-state index >= 15 is 0 Å². The Balaban J connectivity index is 1.59. The topological polar surface area (TPSA) is 111 Å². The van der Waals surface area contributed by atoms with Gasteiger partial charge < -0.3 is 15.2 Å². The summed E-state index contributed by atoms with van der Waals surface area (Å²) in [5.41, 5.74) is 6.70. The third-order valence-electron chi connectivity index (χ3n) is 3.99. The molecule has 2 aromatic heterocycles. The summed E-state index contributed by atoms with van der Waals surface area (Å²) >= 11 is 0. The lowest BCUT2D eigenvalue weighted by atomic mass is 10.2. The molecule has 8 nitrogen and oxygen atoms in total. The van der Waals surface area contributed by atoms with Crippen molar-refractivity contribution >= 4 is 5.91 Å². The van der Waals surface area contributed by atoms with Gasteiger partial charge in [0.25, 0.3) is 0 Å². The standard InChI is InChI=1S/C19H22N6O2/c20-10-4-13-25(14-15-6-2-1-3-7-15)17(26)9-8-16-23-19(24-27-16)18-21-11-5-12-22-18/h1-3,5-7,11-12H,4,8-10,13-14,20H2. The first kappa shape index (κ1) is 18.7. The van der Waals surface area contributed by atoms with Crippen molar-refractivity contribution in [2.24, 2.45) is 5.73 Å². The van der Waals surface area contributed by atoms with Gasteiger partial charge in [0.15, 0.2) is 0 Å². The Morgan fingerprint density at radius 2 is 1.85 bits per heavy atom. The fraction of sp³-hybridized carbons (Fsp3) is 0.316. The van der Waals surface area contributed by atoms with E-state index in [1.807, 2.05) is 35.2 Å². The minimum absolute atomic E-state index is 0.0306. The van der Waals surface area contributed by atoms with Gasteiger partial charge in [-0.05, 0) is 24.6 Å². The number of carbonyl (C=O) groups is 1. The molecule has 3 aromatic rings. The number of aromatic nitrogens is 4. The van der Waals surface area contributed by atoms with Crippen LogP contribution >= 0.6 is 0 Å². The minimum atomic E-state index is 0.0306. The van der Waals surface area contributed by atoms with E-state index in [1.54, 1.807) is 18.5 Å². The molecule has 27 heavy (non-hydrogen) atoms. The highest BCUT2D eigenvalue weighted by Gasteiger charge is 2.16. The van der Waals surface area contributed by atoms with Crippen LogP contribution in [0, 0.1) is 0 Å². The van der Waals surface area contributed by atoms with Crippen molar-refractivity contribution in [2.75, 3.05) is 13.1 Å². The number of nitrogens with zero attached hydrogens (tertiary/aromatic N) is 5. The van der Waals surface area contributed by atoms with E-state index < -0.39 is 0 Å². The highest BCUT2D eigenvalue weighted by atomic mass is 16.5. The van der Waals surface area contributed by atoms with Gasteiger partial charge in [0.1, 0.15) is 0 Å². The van der Waals surface area contributed by atoms with Crippen molar-refractivity contribution in [1.29, 1.82) is 0 Å². The van der Waals surface area contributed by atoms with E-state index in [2.05, 4.69) is 20.1 Å². The molecule has 3 rings (SSSR count). The van der Waals surface area contributed by atoms with Crippen LogP contribution in [0.2, 0.25) is 0 Å². The molecule has 1 aromatic carbocycles. The Morgan fingerprint density at radius 1 is 1.07 bits per heavy atom. The lowest BCUT2D eigenvalue weighted by Crippen LogP contribution is -2.32. The van der Waals surface area contributed by atoms with Crippen LogP contribution in [0.1, 0.15) is 24.3 Å². The van der Waals surface area contributed by atoms with Crippen LogP contribution in [-0.4, -0.2) is 44.0 Å². The number of aryl methyl sites for hydroxylation is 1. The lowest BCUT2D eigenvalue weighted by Gasteiger charge is -2.22. The van der Waals surface area contributed by atoms with E-state index in [0.717, 1.165) is 12.0 Å². The van der Waals surface area contributed by atoms with Crippen molar-refractivity contribution in [2.45, 2.75) is 25.8 Å². The maximum absolute atomic E-state index is 12.7. The van der Waals surface area contributed by atoms with E-state index in [1.165, 1.54) is 0 Å². The summed E-state index contributed by atoms with van der Waals surface area (Å²) in [5.74, 6) is 1.14. The summed E-state index contributed by atoms with van der Waals surface area (Å²) < 4.78 is 5.22. The second kappa shape index (κ2) is 9.54. The molecule has 0 spiro atoms. The van der Waals surface area contributed by atoms with Gasteiger partial charge in [-0.1, -0.05) is 35.5 Å². The quantitative estimate of drug-likeness (QED) is 0.615. The summed E-state index contributed by atoms with van der Waals surface area (Å²) in [6, 6.07) is 11.6. The molecule has 2 heterocycles. The Kier molecular flexibility index (Phi) is 6.59. The molecule has 140 valence electrons. The van der Waals surface area contributed by atoms with Gasteiger partial charge in [-0.3, -0.25) is 4.79 Å². The van der Waals surface area contributed by atoms with Crippen LogP contribution in [0.4, 0.5) is 0 Å². The molecule has 0 saturated heterocycles. The summed E-state index contributed by atoms with van der Waals surface area (Å²) in [5, 5.41) is 3.87. The second-order valence-corrected chi connectivity index (χ2v) is 6.03. The zero-order valence-corrected chi connectivity index (χ0v) is 15.0. The molecule has 0 aliphatic rings. The monoisotopic (exact) mass is 366 g/mol. The number of hydrogen-bond acceptors (Lipinski definition) is 7. The van der Waals surface area contributed by atoms with Gasteiger partial charge >= 0.3 is 0 Å². The first-order valence-corrected chi connectivity index (χ1v) is 8.88. The van der Waals surface area contributed by atoms with Gasteiger partial charge in [-0.25, -0.2) is 9.97 Å². The van der Waals surface area contributed by atoms with Gasteiger partial charge in [0.2, 0.25) is 23.4 Å². The largest absolute Gasteiger partial charge is 0.339 e. The number of rotatable bonds is 9. The maximum Gasteiger partial charge on any atom is 0.240 e. The van der Waals surface area contributed by atoms with Gasteiger partial charge in [0, 0.05) is 38.3 Å². The molecular weight excluding hydrogens is 344 g/mol. The summed E-state index contributed by atoms with van der Waals surface area (Å²) in [7, 11) is 0. The highest BCUT2D eigenvalue weighted by molar-refractivity contribution is 5.76. The molecule has 8 heteroatoms. The number of amides is 1. The smallest absolute Gasteiger partial charge is 0.240 e. The zero-order valence-electron chi connectivity index (χ0n) is 15.0. The molecular formula is C19H22N6O2. The number of carbonyl (C=O) groups excluding carboxylic acids is 1. The molecule has 0 saturated carbocycles. The third kappa shape index (κ3) is 5.42. The van der Waals surface area contributed by atoms with Gasteiger partial charge in [-0.15, -0.1) is 0 Å². The Hall–Kier alpha value is -3.13. The van der Waals surface area contributed by atoms with Crippen molar-refractivity contribution in [3.8, 4) is 11.6 Å². The van der Waals surface area contributed by atoms with Crippen LogP contribution in [0.25, 0.3) is 11.6 Å². The number of benzene rings is 1. The van der Waals surface area contributed by atoms with E-state index in [-0.39, 0.29) is 12.3 Å².